The fourth-order valence-electron chi connectivity index (χ4n) is 2.33. The summed E-state index contributed by atoms with van der Waals surface area (Å²) in [5.41, 5.74) is 2.43. The van der Waals surface area contributed by atoms with Crippen molar-refractivity contribution in [2.75, 3.05) is 6.61 Å². The van der Waals surface area contributed by atoms with Crippen LogP contribution in [0.15, 0.2) is 55.2 Å². The Balaban J connectivity index is 1.90. The Hall–Kier alpha value is -2.10. The smallest absolute Gasteiger partial charge is 0.341 e. The number of thioether (sulfide) groups is 1. The minimum Gasteiger partial charge on any atom is -0.480 e. The number of hydrogen-bond acceptors (Lipinski definition) is 5. The van der Waals surface area contributed by atoms with Crippen LogP contribution in [-0.2, 0) is 9.59 Å². The first kappa shape index (κ1) is 20.6. The van der Waals surface area contributed by atoms with Gasteiger partial charge in [0.2, 0.25) is 0 Å². The maximum Gasteiger partial charge on any atom is 0.341 e. The second-order valence-corrected chi connectivity index (χ2v) is 8.61. The van der Waals surface area contributed by atoms with E-state index < -0.39 is 12.6 Å². The second kappa shape index (κ2) is 8.93. The molecule has 1 saturated heterocycles. The van der Waals surface area contributed by atoms with Crippen molar-refractivity contribution in [1.82, 2.24) is 5.32 Å². The lowest BCUT2D eigenvalue weighted by Crippen LogP contribution is -2.19. The van der Waals surface area contributed by atoms with E-state index in [1.807, 2.05) is 31.2 Å². The van der Waals surface area contributed by atoms with Gasteiger partial charge in [0.05, 0.1) is 15.1 Å². The number of aliphatic carboxylic acids is 1. The van der Waals surface area contributed by atoms with Gasteiger partial charge in [-0.3, -0.25) is 4.79 Å². The van der Waals surface area contributed by atoms with Gasteiger partial charge in [0.25, 0.3) is 5.91 Å². The van der Waals surface area contributed by atoms with Crippen LogP contribution in [0.1, 0.15) is 11.1 Å². The molecular weight excluding hydrogens is 512 g/mol. The van der Waals surface area contributed by atoms with Crippen LogP contribution in [0.3, 0.4) is 0 Å². The van der Waals surface area contributed by atoms with Gasteiger partial charge in [0.1, 0.15) is 5.75 Å². The number of amides is 1. The van der Waals surface area contributed by atoms with E-state index in [0.717, 1.165) is 15.7 Å². The molecule has 1 aliphatic heterocycles. The van der Waals surface area contributed by atoms with Crippen molar-refractivity contribution in [3.8, 4) is 5.75 Å². The number of nitrogens with one attached hydrogen (secondary N) is 1. The van der Waals surface area contributed by atoms with E-state index >= 15 is 0 Å². The van der Waals surface area contributed by atoms with E-state index in [4.69, 9.17) is 9.84 Å². The predicted octanol–water partition coefficient (Wildman–Crippen LogP) is 4.88. The number of aryl methyl sites for hydroxylation is 1. The van der Waals surface area contributed by atoms with Crippen molar-refractivity contribution in [3.63, 3.8) is 0 Å². The Morgan fingerprint density at radius 1 is 1.29 bits per heavy atom. The third kappa shape index (κ3) is 5.24. The number of halogens is 2. The van der Waals surface area contributed by atoms with Gasteiger partial charge < -0.3 is 15.2 Å². The highest BCUT2D eigenvalue weighted by molar-refractivity contribution is 9.11. The van der Waals surface area contributed by atoms with E-state index in [0.29, 0.717) is 25.9 Å². The van der Waals surface area contributed by atoms with Crippen LogP contribution in [0, 0.1) is 6.92 Å². The van der Waals surface area contributed by atoms with Gasteiger partial charge in [-0.2, -0.15) is 0 Å². The van der Waals surface area contributed by atoms with Gasteiger partial charge in [0, 0.05) is 10.0 Å². The molecule has 2 N–H and O–H groups in total. The summed E-state index contributed by atoms with van der Waals surface area (Å²) in [5, 5.41) is 12.1. The molecule has 2 aromatic carbocycles. The molecule has 0 aliphatic carbocycles. The second-order valence-electron chi connectivity index (χ2n) is 5.81. The highest BCUT2D eigenvalue weighted by Gasteiger charge is 2.25. The molecule has 0 saturated carbocycles. The Labute approximate surface area is 182 Å². The van der Waals surface area contributed by atoms with E-state index in [1.54, 1.807) is 18.2 Å². The number of carbonyl (C=O) groups excluding carboxylic acids is 1. The molecule has 6 nitrogen and oxygen atoms in total. The number of aliphatic imine (C=N–C) groups is 1. The maximum absolute atomic E-state index is 12.3. The predicted molar refractivity (Wildman–Crippen MR) is 117 cm³/mol. The van der Waals surface area contributed by atoms with Gasteiger partial charge in [-0.25, -0.2) is 9.79 Å². The highest BCUT2D eigenvalue weighted by Crippen LogP contribution is 2.36. The molecule has 0 radical (unpaired) electrons. The fraction of sp³-hybridized carbons (Fsp3) is 0.105. The summed E-state index contributed by atoms with van der Waals surface area (Å²) in [5.74, 6) is -1.03. The molecular formula is C19H14Br2N2O4S. The lowest BCUT2D eigenvalue weighted by atomic mass is 10.2. The van der Waals surface area contributed by atoms with Crippen molar-refractivity contribution < 1.29 is 19.4 Å². The first-order valence-corrected chi connectivity index (χ1v) is 10.4. The van der Waals surface area contributed by atoms with Crippen LogP contribution in [0.25, 0.3) is 6.08 Å². The normalized spacial score (nSPS) is 16.5. The summed E-state index contributed by atoms with van der Waals surface area (Å²) in [7, 11) is 0. The molecule has 144 valence electrons. The quantitative estimate of drug-likeness (QED) is 0.543. The summed E-state index contributed by atoms with van der Waals surface area (Å²) >= 11 is 7.96. The average Bonchev–Trinajstić information content (AvgIpc) is 2.95. The summed E-state index contributed by atoms with van der Waals surface area (Å²) in [6.07, 6.45) is 1.64. The molecule has 2 aromatic rings. The van der Waals surface area contributed by atoms with Crippen LogP contribution in [0.5, 0.6) is 5.75 Å². The average molecular weight is 526 g/mol. The van der Waals surface area contributed by atoms with Crippen LogP contribution >= 0.6 is 43.6 Å². The van der Waals surface area contributed by atoms with Crippen molar-refractivity contribution >= 4 is 72.4 Å². The molecule has 0 bridgehead atoms. The minimum absolute atomic E-state index is 0.281. The standard InChI is InChI=1S/C19H14Br2N2O4S/c1-10-2-4-13(5-3-10)22-19-23-18(26)15(28-19)7-11-6-12(20)8-14(21)17(11)27-9-16(24)25/h2-8H,9H2,1H3,(H,24,25)(H,22,23,26)/b15-7-. The molecule has 0 aromatic heterocycles. The van der Waals surface area contributed by atoms with E-state index in [9.17, 15) is 9.59 Å². The summed E-state index contributed by atoms with van der Waals surface area (Å²) in [6.45, 7) is 1.50. The van der Waals surface area contributed by atoms with Crippen LogP contribution in [-0.4, -0.2) is 28.8 Å². The van der Waals surface area contributed by atoms with Gasteiger partial charge >= 0.3 is 5.97 Å². The summed E-state index contributed by atoms with van der Waals surface area (Å²) in [6, 6.07) is 11.1. The van der Waals surface area contributed by atoms with Gasteiger partial charge in [-0.1, -0.05) is 33.6 Å². The van der Waals surface area contributed by atoms with Crippen molar-refractivity contribution in [1.29, 1.82) is 0 Å². The lowest BCUT2D eigenvalue weighted by molar-refractivity contribution is -0.139. The number of amidine groups is 1. The molecule has 9 heteroatoms. The first-order valence-electron chi connectivity index (χ1n) is 8.02. The Morgan fingerprint density at radius 2 is 2.00 bits per heavy atom. The van der Waals surface area contributed by atoms with E-state index in [2.05, 4.69) is 42.2 Å². The minimum atomic E-state index is -1.09. The van der Waals surface area contributed by atoms with Crippen LogP contribution in [0.2, 0.25) is 0 Å². The number of rotatable bonds is 5. The SMILES string of the molecule is Cc1ccc(N=C2NC(=O)/C(=C/c3cc(Br)cc(Br)c3OCC(=O)O)S2)cc1. The number of ether oxygens (including phenoxy) is 1. The topological polar surface area (TPSA) is 88.0 Å². The molecule has 0 unspecified atom stereocenters. The molecule has 0 spiro atoms. The first-order chi connectivity index (χ1) is 13.3. The Kier molecular flexibility index (Phi) is 6.58. The zero-order valence-electron chi connectivity index (χ0n) is 14.5. The largest absolute Gasteiger partial charge is 0.480 e. The number of nitrogens with zero attached hydrogens (tertiary/aromatic N) is 1. The number of carboxylic acids is 1. The zero-order chi connectivity index (χ0) is 20.3. The third-order valence-corrected chi connectivity index (χ3v) is 5.54. The third-order valence-electron chi connectivity index (χ3n) is 3.58. The fourth-order valence-corrected chi connectivity index (χ4v) is 4.54. The maximum atomic E-state index is 12.3. The molecule has 3 rings (SSSR count). The zero-order valence-corrected chi connectivity index (χ0v) is 18.5. The number of carbonyl (C=O) groups is 2. The van der Waals surface area contributed by atoms with Gasteiger partial charge in [-0.05, 0) is 65.0 Å². The molecule has 1 fully saturated rings. The van der Waals surface area contributed by atoms with Crippen LogP contribution in [0.4, 0.5) is 5.69 Å². The monoisotopic (exact) mass is 524 g/mol. The molecule has 0 atom stereocenters. The van der Waals surface area contributed by atoms with Gasteiger partial charge in [-0.15, -0.1) is 0 Å². The Bertz CT molecular complexity index is 1000. The number of benzene rings is 2. The van der Waals surface area contributed by atoms with E-state index in [1.165, 1.54) is 11.8 Å². The van der Waals surface area contributed by atoms with E-state index in [-0.39, 0.29) is 5.91 Å². The van der Waals surface area contributed by atoms with Gasteiger partial charge in [0.15, 0.2) is 11.8 Å². The molecule has 1 aliphatic rings. The summed E-state index contributed by atoms with van der Waals surface area (Å²) in [4.78, 5) is 28.1. The lowest BCUT2D eigenvalue weighted by Gasteiger charge is -2.10. The Morgan fingerprint density at radius 3 is 2.68 bits per heavy atom. The molecule has 28 heavy (non-hydrogen) atoms. The number of hydrogen-bond donors (Lipinski definition) is 2. The van der Waals surface area contributed by atoms with Crippen molar-refractivity contribution in [2.45, 2.75) is 6.92 Å². The van der Waals surface area contributed by atoms with Crippen LogP contribution < -0.4 is 10.1 Å². The van der Waals surface area contributed by atoms with Crippen molar-refractivity contribution in [2.24, 2.45) is 4.99 Å². The molecule has 1 heterocycles. The molecule has 1 amide bonds. The highest BCUT2D eigenvalue weighted by atomic mass is 79.9. The summed E-state index contributed by atoms with van der Waals surface area (Å²) < 4.78 is 6.71. The van der Waals surface area contributed by atoms with Crippen molar-refractivity contribution in [3.05, 3.63) is 61.4 Å². The number of carboxylic acid groups (broad SMARTS) is 1.